The van der Waals surface area contributed by atoms with Gasteiger partial charge in [-0.1, -0.05) is 6.07 Å². The fourth-order valence-corrected chi connectivity index (χ4v) is 2.50. The summed E-state index contributed by atoms with van der Waals surface area (Å²) in [7, 11) is 0. The van der Waals surface area contributed by atoms with Crippen LogP contribution in [0, 0.1) is 6.92 Å². The standard InChI is InChI=1S/C20H21F3N2O3/c1-12-14(11-26)6-8-17(25-12)15-9-13(5-7-16(15)20(21,22)23)10-24-18(27)28-19(2,3)4/h5-9,11H,10H2,1-4H3,(H,24,27). The molecule has 5 nitrogen and oxygen atoms in total. The van der Waals surface area contributed by atoms with Crippen molar-refractivity contribution in [3.63, 3.8) is 0 Å². The minimum Gasteiger partial charge on any atom is -0.444 e. The molecule has 0 atom stereocenters. The van der Waals surface area contributed by atoms with Gasteiger partial charge in [-0.2, -0.15) is 13.2 Å². The highest BCUT2D eigenvalue weighted by atomic mass is 19.4. The number of halogens is 3. The zero-order valence-corrected chi connectivity index (χ0v) is 16.0. The first kappa shape index (κ1) is 21.4. The number of alkyl carbamates (subject to hydrolysis) is 1. The summed E-state index contributed by atoms with van der Waals surface area (Å²) in [5, 5.41) is 2.51. The van der Waals surface area contributed by atoms with Crippen LogP contribution in [-0.4, -0.2) is 23.0 Å². The second-order valence-electron chi connectivity index (χ2n) is 7.22. The number of alkyl halides is 3. The van der Waals surface area contributed by atoms with Gasteiger partial charge in [0, 0.05) is 23.4 Å². The van der Waals surface area contributed by atoms with E-state index < -0.39 is 23.4 Å². The molecule has 2 rings (SSSR count). The maximum Gasteiger partial charge on any atom is 0.417 e. The van der Waals surface area contributed by atoms with E-state index in [1.54, 1.807) is 27.7 Å². The minimum atomic E-state index is -4.58. The van der Waals surface area contributed by atoms with Crippen LogP contribution in [0.5, 0.6) is 0 Å². The highest BCUT2D eigenvalue weighted by molar-refractivity contribution is 5.78. The maximum atomic E-state index is 13.4. The number of hydrogen-bond donors (Lipinski definition) is 1. The molecule has 1 amide bonds. The first-order chi connectivity index (χ1) is 12.9. The number of amides is 1. The summed E-state index contributed by atoms with van der Waals surface area (Å²) in [4.78, 5) is 26.8. The molecule has 0 fully saturated rings. The SMILES string of the molecule is Cc1nc(-c2cc(CNC(=O)OC(C)(C)C)ccc2C(F)(F)F)ccc1C=O. The largest absolute Gasteiger partial charge is 0.444 e. The number of aryl methyl sites for hydroxylation is 1. The molecular weight excluding hydrogens is 373 g/mol. The Morgan fingerprint density at radius 1 is 1.18 bits per heavy atom. The van der Waals surface area contributed by atoms with Crippen LogP contribution < -0.4 is 5.32 Å². The van der Waals surface area contributed by atoms with E-state index in [0.717, 1.165) is 6.07 Å². The Kier molecular flexibility index (Phi) is 6.11. The summed E-state index contributed by atoms with van der Waals surface area (Å²) in [6, 6.07) is 6.35. The van der Waals surface area contributed by atoms with Crippen molar-refractivity contribution >= 4 is 12.4 Å². The molecule has 0 aliphatic rings. The van der Waals surface area contributed by atoms with Gasteiger partial charge in [-0.25, -0.2) is 4.79 Å². The van der Waals surface area contributed by atoms with Gasteiger partial charge in [-0.05, 0) is 57.5 Å². The monoisotopic (exact) mass is 394 g/mol. The van der Waals surface area contributed by atoms with Crippen molar-refractivity contribution in [1.82, 2.24) is 10.3 Å². The third-order valence-corrected chi connectivity index (χ3v) is 3.75. The molecule has 8 heteroatoms. The van der Waals surface area contributed by atoms with Gasteiger partial charge in [-0.15, -0.1) is 0 Å². The number of carbonyl (C=O) groups excluding carboxylic acids is 2. The molecule has 1 N–H and O–H groups in total. The van der Waals surface area contributed by atoms with Crippen LogP contribution in [0.25, 0.3) is 11.3 Å². The lowest BCUT2D eigenvalue weighted by atomic mass is 9.99. The van der Waals surface area contributed by atoms with Gasteiger partial charge in [0.2, 0.25) is 0 Å². The van der Waals surface area contributed by atoms with Crippen molar-refractivity contribution in [2.75, 3.05) is 0 Å². The minimum absolute atomic E-state index is 0.00848. The van der Waals surface area contributed by atoms with Crippen LogP contribution in [-0.2, 0) is 17.5 Å². The van der Waals surface area contributed by atoms with Crippen LogP contribution in [0.15, 0.2) is 30.3 Å². The predicted octanol–water partition coefficient (Wildman–Crippen LogP) is 4.91. The summed E-state index contributed by atoms with van der Waals surface area (Å²) in [5.74, 6) is 0. The normalized spacial score (nSPS) is 11.8. The molecule has 1 heterocycles. The maximum absolute atomic E-state index is 13.4. The molecule has 0 unspecified atom stereocenters. The van der Waals surface area contributed by atoms with E-state index >= 15 is 0 Å². The molecule has 1 aromatic carbocycles. The number of nitrogens with zero attached hydrogens (tertiary/aromatic N) is 1. The van der Waals surface area contributed by atoms with E-state index in [1.165, 1.54) is 24.3 Å². The van der Waals surface area contributed by atoms with Gasteiger partial charge >= 0.3 is 12.3 Å². The van der Waals surface area contributed by atoms with Crippen LogP contribution in [0.1, 0.15) is 48.0 Å². The molecule has 0 aliphatic carbocycles. The van der Waals surface area contributed by atoms with E-state index in [9.17, 15) is 22.8 Å². The molecule has 0 radical (unpaired) electrons. The number of carbonyl (C=O) groups is 2. The molecule has 0 bridgehead atoms. The second kappa shape index (κ2) is 8.00. The van der Waals surface area contributed by atoms with Crippen LogP contribution in [0.3, 0.4) is 0 Å². The number of hydrogen-bond acceptors (Lipinski definition) is 4. The summed E-state index contributed by atoms with van der Waals surface area (Å²) in [5.41, 5.74) is -0.479. The molecule has 0 aliphatic heterocycles. The zero-order valence-electron chi connectivity index (χ0n) is 16.0. The lowest BCUT2D eigenvalue weighted by molar-refractivity contribution is -0.137. The molecule has 0 saturated carbocycles. The van der Waals surface area contributed by atoms with Gasteiger partial charge in [0.15, 0.2) is 6.29 Å². The Bertz CT molecular complexity index is 887. The topological polar surface area (TPSA) is 68.3 Å². The molecule has 1 aromatic heterocycles. The van der Waals surface area contributed by atoms with Crippen molar-refractivity contribution < 1.29 is 27.5 Å². The number of aldehydes is 1. The van der Waals surface area contributed by atoms with E-state index in [4.69, 9.17) is 4.74 Å². The third kappa shape index (κ3) is 5.55. The van der Waals surface area contributed by atoms with Gasteiger partial charge in [0.05, 0.1) is 11.3 Å². The first-order valence-electron chi connectivity index (χ1n) is 8.51. The molecule has 28 heavy (non-hydrogen) atoms. The van der Waals surface area contributed by atoms with E-state index in [2.05, 4.69) is 10.3 Å². The van der Waals surface area contributed by atoms with Gasteiger partial charge in [0.25, 0.3) is 0 Å². The van der Waals surface area contributed by atoms with Crippen LogP contribution in [0.2, 0.25) is 0 Å². The average Bonchev–Trinajstić information content (AvgIpc) is 2.57. The first-order valence-corrected chi connectivity index (χ1v) is 8.51. The van der Waals surface area contributed by atoms with Crippen molar-refractivity contribution in [3.05, 3.63) is 52.7 Å². The number of aromatic nitrogens is 1. The number of rotatable bonds is 4. The summed E-state index contributed by atoms with van der Waals surface area (Å²) >= 11 is 0. The molecular formula is C20H21F3N2O3. The fourth-order valence-electron chi connectivity index (χ4n) is 2.50. The summed E-state index contributed by atoms with van der Waals surface area (Å²) in [6.07, 6.45) is -4.65. The Morgan fingerprint density at radius 2 is 1.86 bits per heavy atom. The smallest absolute Gasteiger partial charge is 0.417 e. The molecule has 0 saturated heterocycles. The Balaban J connectivity index is 2.37. The Hall–Kier alpha value is -2.90. The fraction of sp³-hybridized carbons (Fsp3) is 0.350. The van der Waals surface area contributed by atoms with Gasteiger partial charge < -0.3 is 10.1 Å². The highest BCUT2D eigenvalue weighted by Gasteiger charge is 2.34. The molecule has 150 valence electrons. The quantitative estimate of drug-likeness (QED) is 0.748. The van der Waals surface area contributed by atoms with E-state index in [1.807, 2.05) is 0 Å². The van der Waals surface area contributed by atoms with Crippen LogP contribution in [0.4, 0.5) is 18.0 Å². The van der Waals surface area contributed by atoms with Gasteiger partial charge in [0.1, 0.15) is 5.60 Å². The predicted molar refractivity (Wildman–Crippen MR) is 97.9 cm³/mol. The number of benzene rings is 1. The average molecular weight is 394 g/mol. The highest BCUT2D eigenvalue weighted by Crippen LogP contribution is 2.37. The Labute approximate surface area is 160 Å². The van der Waals surface area contributed by atoms with Crippen LogP contribution >= 0.6 is 0 Å². The number of nitrogens with one attached hydrogen (secondary N) is 1. The number of pyridine rings is 1. The second-order valence-corrected chi connectivity index (χ2v) is 7.22. The summed E-state index contributed by atoms with van der Waals surface area (Å²) in [6.45, 7) is 6.67. The van der Waals surface area contributed by atoms with E-state index in [0.29, 0.717) is 23.1 Å². The zero-order chi connectivity index (χ0) is 21.1. The third-order valence-electron chi connectivity index (χ3n) is 3.75. The molecule has 0 spiro atoms. The Morgan fingerprint density at radius 3 is 2.39 bits per heavy atom. The van der Waals surface area contributed by atoms with Crippen molar-refractivity contribution in [2.24, 2.45) is 0 Å². The lowest BCUT2D eigenvalue weighted by Crippen LogP contribution is -2.32. The van der Waals surface area contributed by atoms with E-state index in [-0.39, 0.29) is 17.8 Å². The molecule has 2 aromatic rings. The number of ether oxygens (including phenoxy) is 1. The van der Waals surface area contributed by atoms with Crippen molar-refractivity contribution in [3.8, 4) is 11.3 Å². The summed E-state index contributed by atoms with van der Waals surface area (Å²) < 4.78 is 45.4. The van der Waals surface area contributed by atoms with Gasteiger partial charge in [-0.3, -0.25) is 9.78 Å². The van der Waals surface area contributed by atoms with Crippen molar-refractivity contribution in [2.45, 2.75) is 46.0 Å². The lowest BCUT2D eigenvalue weighted by Gasteiger charge is -2.20. The van der Waals surface area contributed by atoms with Crippen molar-refractivity contribution in [1.29, 1.82) is 0 Å².